The number of benzene rings is 2. The smallest absolute Gasteiger partial charge is 0.400 e. The number of hydrogen-bond donors (Lipinski definition) is 0. The minimum atomic E-state index is -10.6. The third-order valence-electron chi connectivity index (χ3n) is 9.35. The number of halogens is 11. The molecule has 0 heterocycles. The Hall–Kier alpha value is -2.22. The molecule has 0 spiro atoms. The molecular formula is C33H41F11O2S. The topological polar surface area (TPSA) is 18.5 Å². The summed E-state index contributed by atoms with van der Waals surface area (Å²) in [6.07, 6.45) is 0.334. The van der Waals surface area contributed by atoms with Gasteiger partial charge in [0.05, 0.1) is 17.6 Å². The van der Waals surface area contributed by atoms with Crippen molar-refractivity contribution in [2.45, 2.75) is 126 Å². The lowest BCUT2D eigenvalue weighted by Gasteiger charge is -2.41. The van der Waals surface area contributed by atoms with Gasteiger partial charge in [-0.05, 0) is 105 Å². The lowest BCUT2D eigenvalue weighted by atomic mass is 9.79. The van der Waals surface area contributed by atoms with Crippen LogP contribution in [0.15, 0.2) is 41.3 Å². The van der Waals surface area contributed by atoms with Gasteiger partial charge in [0.15, 0.2) is 4.90 Å². The maximum Gasteiger partial charge on any atom is 0.400 e. The van der Waals surface area contributed by atoms with Crippen LogP contribution in [0.25, 0.3) is 0 Å². The van der Waals surface area contributed by atoms with E-state index in [0.29, 0.717) is 31.6 Å². The van der Waals surface area contributed by atoms with Crippen molar-refractivity contribution in [1.82, 2.24) is 0 Å². The molecule has 2 nitrogen and oxygen atoms in total. The molecule has 268 valence electrons. The second-order valence-corrected chi connectivity index (χ2v) is 15.3. The van der Waals surface area contributed by atoms with Crippen LogP contribution in [0.2, 0.25) is 0 Å². The monoisotopic (exact) mass is 710 g/mol. The van der Waals surface area contributed by atoms with Gasteiger partial charge in [-0.2, -0.15) is 17.6 Å². The van der Waals surface area contributed by atoms with Crippen molar-refractivity contribution in [2.24, 2.45) is 11.8 Å². The minimum absolute atomic E-state index is 0.0158. The van der Waals surface area contributed by atoms with Crippen molar-refractivity contribution >= 4 is 10.2 Å². The SMILES string of the molecule is CCCCCCCC1CCC(C(F)(F)Oc2ccc(C(F)(F)OC3CCC(c4cc(F)c(S(F)(F)(F)(F)F)c(F)c4)CC3)cc2)CC1. The van der Waals surface area contributed by atoms with E-state index in [1.165, 1.54) is 12.8 Å². The summed E-state index contributed by atoms with van der Waals surface area (Å²) in [5, 5.41) is 0. The molecule has 2 saturated carbocycles. The Morgan fingerprint density at radius 3 is 1.81 bits per heavy atom. The largest absolute Gasteiger partial charge is 0.432 e. The summed E-state index contributed by atoms with van der Waals surface area (Å²) < 4.78 is 163. The van der Waals surface area contributed by atoms with Crippen LogP contribution < -0.4 is 4.74 Å². The summed E-state index contributed by atoms with van der Waals surface area (Å²) >= 11 is 0. The van der Waals surface area contributed by atoms with Crippen LogP contribution in [-0.4, -0.2) is 12.2 Å². The normalized spacial score (nSPS) is 24.4. The van der Waals surface area contributed by atoms with Crippen molar-refractivity contribution in [2.75, 3.05) is 0 Å². The molecule has 2 aliphatic rings. The van der Waals surface area contributed by atoms with Gasteiger partial charge in [-0.15, -0.1) is 0 Å². The summed E-state index contributed by atoms with van der Waals surface area (Å²) in [5.74, 6) is -6.48. The van der Waals surface area contributed by atoms with Gasteiger partial charge in [0.25, 0.3) is 0 Å². The highest BCUT2D eigenvalue weighted by atomic mass is 32.5. The van der Waals surface area contributed by atoms with Crippen molar-refractivity contribution in [1.29, 1.82) is 0 Å². The van der Waals surface area contributed by atoms with Crippen LogP contribution in [-0.2, 0) is 10.8 Å². The molecule has 0 aromatic heterocycles. The highest BCUT2D eigenvalue weighted by Gasteiger charge is 2.69. The molecule has 0 aliphatic heterocycles. The molecule has 0 amide bonds. The summed E-state index contributed by atoms with van der Waals surface area (Å²) in [7, 11) is -10.6. The van der Waals surface area contributed by atoms with E-state index in [1.54, 1.807) is 0 Å². The Morgan fingerprint density at radius 2 is 1.28 bits per heavy atom. The van der Waals surface area contributed by atoms with E-state index >= 15 is 0 Å². The minimum Gasteiger partial charge on any atom is -0.432 e. The van der Waals surface area contributed by atoms with E-state index in [2.05, 4.69) is 6.92 Å². The third-order valence-corrected chi connectivity index (χ3v) is 10.5. The van der Waals surface area contributed by atoms with Crippen LogP contribution in [0.1, 0.15) is 114 Å². The van der Waals surface area contributed by atoms with Gasteiger partial charge in [0.2, 0.25) is 0 Å². The number of rotatable bonds is 14. The van der Waals surface area contributed by atoms with Crippen LogP contribution in [0.4, 0.5) is 45.8 Å². The maximum atomic E-state index is 15.0. The molecule has 2 fully saturated rings. The van der Waals surface area contributed by atoms with Crippen LogP contribution >= 0.6 is 10.2 Å². The van der Waals surface area contributed by atoms with E-state index in [-0.39, 0.29) is 49.1 Å². The number of alkyl halides is 4. The highest BCUT2D eigenvalue weighted by Crippen LogP contribution is 3.02. The van der Waals surface area contributed by atoms with Crippen molar-refractivity contribution < 1.29 is 55.2 Å². The fourth-order valence-corrected chi connectivity index (χ4v) is 7.61. The Balaban J connectivity index is 1.27. The standard InChI is InChI=1S/C33H41F11O2S/c1-2-3-4-5-6-7-22-8-12-25(13-9-22)32(36,37)46-28-18-14-26(15-19-28)33(38,39)45-27-16-10-23(11-17-27)24-20-29(34)31(30(35)21-24)47(40,41,42,43)44/h14-15,18-23,25,27H,2-13,16-17H2,1H3. The summed E-state index contributed by atoms with van der Waals surface area (Å²) in [5.41, 5.74) is -0.917. The van der Waals surface area contributed by atoms with E-state index < -0.39 is 62.5 Å². The van der Waals surface area contributed by atoms with Crippen LogP contribution in [0.3, 0.4) is 0 Å². The molecule has 0 unspecified atom stereocenters. The molecule has 2 aromatic carbocycles. The van der Waals surface area contributed by atoms with E-state index in [9.17, 15) is 45.8 Å². The molecule has 0 bridgehead atoms. The Bertz CT molecular complexity index is 1310. The fraction of sp³-hybridized carbons (Fsp3) is 0.636. The molecule has 0 radical (unpaired) electrons. The fourth-order valence-electron chi connectivity index (χ4n) is 6.76. The Morgan fingerprint density at radius 1 is 0.723 bits per heavy atom. The average molecular weight is 711 g/mol. The molecule has 0 saturated heterocycles. The first-order valence-corrected chi connectivity index (χ1v) is 18.1. The van der Waals surface area contributed by atoms with Gasteiger partial charge in [-0.3, -0.25) is 0 Å². The van der Waals surface area contributed by atoms with Gasteiger partial charge in [0.1, 0.15) is 17.4 Å². The molecule has 14 heteroatoms. The van der Waals surface area contributed by atoms with Crippen molar-refractivity contribution in [3.63, 3.8) is 0 Å². The molecule has 2 aliphatic carbocycles. The van der Waals surface area contributed by atoms with E-state index in [0.717, 1.165) is 49.9 Å². The van der Waals surface area contributed by atoms with Crippen molar-refractivity contribution in [3.8, 4) is 5.75 Å². The van der Waals surface area contributed by atoms with Crippen LogP contribution in [0, 0.1) is 23.5 Å². The van der Waals surface area contributed by atoms with Gasteiger partial charge in [0, 0.05) is 0 Å². The number of unbranched alkanes of at least 4 members (excludes halogenated alkanes) is 4. The first-order valence-electron chi connectivity index (χ1n) is 16.1. The van der Waals surface area contributed by atoms with Gasteiger partial charge in [-0.1, -0.05) is 64.9 Å². The van der Waals surface area contributed by atoms with Gasteiger partial charge < -0.3 is 9.47 Å². The lowest BCUT2D eigenvalue weighted by Crippen LogP contribution is -2.37. The highest BCUT2D eigenvalue weighted by molar-refractivity contribution is 8.45. The van der Waals surface area contributed by atoms with E-state index in [4.69, 9.17) is 9.47 Å². The molecule has 0 N–H and O–H groups in total. The molecule has 47 heavy (non-hydrogen) atoms. The molecule has 0 atom stereocenters. The van der Waals surface area contributed by atoms with Gasteiger partial charge in [-0.25, -0.2) is 8.78 Å². The van der Waals surface area contributed by atoms with Crippen LogP contribution in [0.5, 0.6) is 5.75 Å². The summed E-state index contributed by atoms with van der Waals surface area (Å²) in [4.78, 5) is -3.21. The third kappa shape index (κ3) is 10.1. The zero-order valence-electron chi connectivity index (χ0n) is 26.1. The quantitative estimate of drug-likeness (QED) is 0.144. The predicted octanol–water partition coefficient (Wildman–Crippen LogP) is 13.6. The number of ether oxygens (including phenoxy) is 2. The van der Waals surface area contributed by atoms with E-state index in [1.807, 2.05) is 0 Å². The second kappa shape index (κ2) is 13.6. The molecular weight excluding hydrogens is 669 g/mol. The second-order valence-electron chi connectivity index (χ2n) is 13.0. The number of hydrogen-bond acceptors (Lipinski definition) is 2. The summed E-state index contributed by atoms with van der Waals surface area (Å²) in [6.45, 7) is 2.15. The summed E-state index contributed by atoms with van der Waals surface area (Å²) in [6, 6.07) is 4.25. The van der Waals surface area contributed by atoms with Gasteiger partial charge >= 0.3 is 22.4 Å². The first kappa shape index (κ1) is 37.6. The average Bonchev–Trinajstić information content (AvgIpc) is 2.96. The first-order chi connectivity index (χ1) is 21.7. The predicted molar refractivity (Wildman–Crippen MR) is 159 cm³/mol. The Labute approximate surface area is 268 Å². The maximum absolute atomic E-state index is 15.0. The molecule has 4 rings (SSSR count). The Kier molecular flexibility index (Phi) is 10.9. The molecule has 2 aromatic rings. The zero-order chi connectivity index (χ0) is 34.7. The lowest BCUT2D eigenvalue weighted by molar-refractivity contribution is -0.277. The van der Waals surface area contributed by atoms with Crippen molar-refractivity contribution in [3.05, 3.63) is 59.2 Å². The zero-order valence-corrected chi connectivity index (χ0v) is 26.9.